The number of benzene rings is 1. The molecule has 3 rings (SSSR count). The number of nitrogens with one attached hydrogen (secondary N) is 2. The zero-order valence-electron chi connectivity index (χ0n) is 18.5. The van der Waals surface area contributed by atoms with E-state index in [1.165, 1.54) is 0 Å². The van der Waals surface area contributed by atoms with E-state index in [1.54, 1.807) is 31.2 Å². The minimum atomic E-state index is -3.52. The largest absolute Gasteiger partial charge is 0.352 e. The Balaban J connectivity index is 1.42. The number of hydrogen-bond acceptors (Lipinski definition) is 5. The lowest BCUT2D eigenvalue weighted by molar-refractivity contribution is -0.130. The minimum absolute atomic E-state index is 0.00200. The van der Waals surface area contributed by atoms with E-state index in [4.69, 9.17) is 0 Å². The average molecular weight is 451 g/mol. The van der Waals surface area contributed by atoms with Crippen LogP contribution in [-0.4, -0.2) is 75.3 Å². The van der Waals surface area contributed by atoms with Gasteiger partial charge in [0.05, 0.1) is 11.4 Å². The highest BCUT2D eigenvalue weighted by molar-refractivity contribution is 7.89. The van der Waals surface area contributed by atoms with Gasteiger partial charge in [-0.05, 0) is 57.2 Å². The standard InChI is InChI=1S/C22H34N4O4S/c1-17-5-7-21(8-6-17)31(29,30)23-14-19-4-3-11-25(15-19)16-22(28)24-20-9-12-26(13-10-20)18(2)27/h5-8,19-20,23H,3-4,9-16H2,1-2H3,(H,24,28). The van der Waals surface area contributed by atoms with Crippen LogP contribution >= 0.6 is 0 Å². The summed E-state index contributed by atoms with van der Waals surface area (Å²) < 4.78 is 27.8. The van der Waals surface area contributed by atoms with Gasteiger partial charge in [-0.2, -0.15) is 0 Å². The molecule has 2 N–H and O–H groups in total. The Kier molecular flexibility index (Phi) is 8.07. The Morgan fingerprint density at radius 3 is 2.39 bits per heavy atom. The Labute approximate surface area is 185 Å². The minimum Gasteiger partial charge on any atom is -0.352 e. The number of nitrogens with zero attached hydrogens (tertiary/aromatic N) is 2. The summed E-state index contributed by atoms with van der Waals surface area (Å²) in [4.78, 5) is 28.1. The van der Waals surface area contributed by atoms with E-state index in [-0.39, 0.29) is 28.7 Å². The maximum Gasteiger partial charge on any atom is 0.240 e. The molecule has 2 aliphatic rings. The van der Waals surface area contributed by atoms with Gasteiger partial charge in [0.15, 0.2) is 0 Å². The molecule has 1 unspecified atom stereocenters. The van der Waals surface area contributed by atoms with Crippen LogP contribution in [-0.2, 0) is 19.6 Å². The summed E-state index contributed by atoms with van der Waals surface area (Å²) in [6.07, 6.45) is 3.46. The van der Waals surface area contributed by atoms with E-state index in [9.17, 15) is 18.0 Å². The molecular weight excluding hydrogens is 416 g/mol. The van der Waals surface area contributed by atoms with Gasteiger partial charge in [-0.25, -0.2) is 13.1 Å². The highest BCUT2D eigenvalue weighted by atomic mass is 32.2. The molecule has 0 bridgehead atoms. The summed E-state index contributed by atoms with van der Waals surface area (Å²) in [5.41, 5.74) is 1.02. The summed E-state index contributed by atoms with van der Waals surface area (Å²) in [6, 6.07) is 6.94. The van der Waals surface area contributed by atoms with Crippen molar-refractivity contribution in [3.8, 4) is 0 Å². The molecule has 1 aromatic carbocycles. The highest BCUT2D eigenvalue weighted by Crippen LogP contribution is 2.17. The van der Waals surface area contributed by atoms with Gasteiger partial charge in [0.1, 0.15) is 0 Å². The van der Waals surface area contributed by atoms with Crippen LogP contribution in [0.25, 0.3) is 0 Å². The fourth-order valence-corrected chi connectivity index (χ4v) is 5.42. The maximum atomic E-state index is 12.5. The molecule has 0 aliphatic carbocycles. The smallest absolute Gasteiger partial charge is 0.240 e. The fraction of sp³-hybridized carbons (Fsp3) is 0.636. The maximum absolute atomic E-state index is 12.5. The molecule has 2 fully saturated rings. The predicted molar refractivity (Wildman–Crippen MR) is 119 cm³/mol. The van der Waals surface area contributed by atoms with Crippen LogP contribution < -0.4 is 10.0 Å². The zero-order chi connectivity index (χ0) is 22.4. The number of aryl methyl sites for hydroxylation is 1. The number of sulfonamides is 1. The lowest BCUT2D eigenvalue weighted by Crippen LogP contribution is -2.50. The van der Waals surface area contributed by atoms with E-state index in [1.807, 2.05) is 11.8 Å². The van der Waals surface area contributed by atoms with Gasteiger partial charge < -0.3 is 10.2 Å². The third kappa shape index (κ3) is 7.02. The van der Waals surface area contributed by atoms with Crippen LogP contribution in [0.4, 0.5) is 0 Å². The Morgan fingerprint density at radius 2 is 1.74 bits per heavy atom. The van der Waals surface area contributed by atoms with E-state index in [2.05, 4.69) is 14.9 Å². The second-order valence-electron chi connectivity index (χ2n) is 8.76. The molecule has 172 valence electrons. The first-order chi connectivity index (χ1) is 14.7. The van der Waals surface area contributed by atoms with Crippen LogP contribution in [0.5, 0.6) is 0 Å². The first kappa shape index (κ1) is 23.7. The van der Waals surface area contributed by atoms with Crippen LogP contribution in [0.2, 0.25) is 0 Å². The summed E-state index contributed by atoms with van der Waals surface area (Å²) in [5, 5.41) is 3.09. The lowest BCUT2D eigenvalue weighted by atomic mass is 9.98. The summed E-state index contributed by atoms with van der Waals surface area (Å²) in [5.74, 6) is 0.268. The van der Waals surface area contributed by atoms with E-state index < -0.39 is 10.0 Å². The predicted octanol–water partition coefficient (Wildman–Crippen LogP) is 1.11. The van der Waals surface area contributed by atoms with Crippen molar-refractivity contribution in [2.45, 2.75) is 50.5 Å². The Morgan fingerprint density at radius 1 is 1.06 bits per heavy atom. The van der Waals surface area contributed by atoms with Crippen molar-refractivity contribution in [1.82, 2.24) is 19.8 Å². The number of likely N-dealkylation sites (tertiary alicyclic amines) is 2. The zero-order valence-corrected chi connectivity index (χ0v) is 19.3. The van der Waals surface area contributed by atoms with Crippen molar-refractivity contribution in [3.05, 3.63) is 29.8 Å². The van der Waals surface area contributed by atoms with Gasteiger partial charge in [-0.3, -0.25) is 14.5 Å². The molecule has 0 saturated carbocycles. The molecule has 2 amide bonds. The molecule has 1 atom stereocenters. The van der Waals surface area contributed by atoms with Crippen LogP contribution in [0.3, 0.4) is 0 Å². The molecule has 0 aromatic heterocycles. The van der Waals surface area contributed by atoms with Gasteiger partial charge in [0, 0.05) is 39.1 Å². The molecule has 31 heavy (non-hydrogen) atoms. The number of hydrogen-bond donors (Lipinski definition) is 2. The summed E-state index contributed by atoms with van der Waals surface area (Å²) in [7, 11) is -3.52. The molecule has 9 heteroatoms. The number of carbonyl (C=O) groups excluding carboxylic acids is 2. The third-order valence-electron chi connectivity index (χ3n) is 6.17. The summed E-state index contributed by atoms with van der Waals surface area (Å²) >= 11 is 0. The van der Waals surface area contributed by atoms with Crippen LogP contribution in [0.1, 0.15) is 38.2 Å². The van der Waals surface area contributed by atoms with Gasteiger partial charge >= 0.3 is 0 Å². The first-order valence-corrected chi connectivity index (χ1v) is 12.5. The molecule has 8 nitrogen and oxygen atoms in total. The van der Waals surface area contributed by atoms with Gasteiger partial charge in [0.25, 0.3) is 0 Å². The third-order valence-corrected chi connectivity index (χ3v) is 7.61. The van der Waals surface area contributed by atoms with Crippen molar-refractivity contribution >= 4 is 21.8 Å². The molecular formula is C22H34N4O4S. The van der Waals surface area contributed by atoms with Crippen molar-refractivity contribution in [2.75, 3.05) is 39.3 Å². The van der Waals surface area contributed by atoms with Gasteiger partial charge in [-0.1, -0.05) is 17.7 Å². The van der Waals surface area contributed by atoms with Crippen molar-refractivity contribution in [1.29, 1.82) is 0 Å². The van der Waals surface area contributed by atoms with Crippen LogP contribution in [0.15, 0.2) is 29.2 Å². The number of carbonyl (C=O) groups is 2. The molecule has 2 heterocycles. The second kappa shape index (κ2) is 10.6. The van der Waals surface area contributed by atoms with Crippen molar-refractivity contribution in [2.24, 2.45) is 5.92 Å². The quantitative estimate of drug-likeness (QED) is 0.649. The number of amides is 2. The van der Waals surface area contributed by atoms with E-state index >= 15 is 0 Å². The van der Waals surface area contributed by atoms with Gasteiger partial charge in [0.2, 0.25) is 21.8 Å². The molecule has 1 aromatic rings. The SMILES string of the molecule is CC(=O)N1CCC(NC(=O)CN2CCCC(CNS(=O)(=O)c3ccc(C)cc3)C2)CC1. The molecule has 0 spiro atoms. The molecule has 2 aliphatic heterocycles. The molecule has 0 radical (unpaired) electrons. The lowest BCUT2D eigenvalue weighted by Gasteiger charge is -2.34. The van der Waals surface area contributed by atoms with E-state index in [0.29, 0.717) is 32.7 Å². The van der Waals surface area contributed by atoms with Crippen molar-refractivity contribution in [3.63, 3.8) is 0 Å². The van der Waals surface area contributed by atoms with E-state index in [0.717, 1.165) is 37.8 Å². The molecule has 2 saturated heterocycles. The Bertz CT molecular complexity index is 864. The second-order valence-corrected chi connectivity index (χ2v) is 10.5. The monoisotopic (exact) mass is 450 g/mol. The normalized spacial score (nSPS) is 21.1. The summed E-state index contributed by atoms with van der Waals surface area (Å²) in [6.45, 7) is 7.12. The highest BCUT2D eigenvalue weighted by Gasteiger charge is 2.26. The van der Waals surface area contributed by atoms with Crippen molar-refractivity contribution < 1.29 is 18.0 Å². The van der Waals surface area contributed by atoms with Gasteiger partial charge in [-0.15, -0.1) is 0 Å². The van der Waals surface area contributed by atoms with Crippen LogP contribution in [0, 0.1) is 12.8 Å². The Hall–Kier alpha value is -1.97. The topological polar surface area (TPSA) is 98.8 Å². The average Bonchev–Trinajstić information content (AvgIpc) is 2.73. The number of piperidine rings is 2. The fourth-order valence-electron chi connectivity index (χ4n) is 4.30. The number of rotatable bonds is 7. The first-order valence-electron chi connectivity index (χ1n) is 11.1.